The summed E-state index contributed by atoms with van der Waals surface area (Å²) in [6.45, 7) is -0.210. The molecule has 0 saturated carbocycles. The Balaban J connectivity index is 1.65. The van der Waals surface area contributed by atoms with Gasteiger partial charge in [-0.25, -0.2) is 17.9 Å². The van der Waals surface area contributed by atoms with Crippen molar-refractivity contribution in [3.05, 3.63) is 77.2 Å². The number of fused-ring (bicyclic) bond motifs is 1. The Kier molecular flexibility index (Phi) is 7.28. The topological polar surface area (TPSA) is 102 Å². The highest BCUT2D eigenvalue weighted by atomic mass is 32.2. The average molecular weight is 442 g/mol. The molecule has 0 heterocycles. The molecular weight excluding hydrogens is 418 g/mol. The second-order valence-corrected chi connectivity index (χ2v) is 8.37. The minimum absolute atomic E-state index is 0.217. The molecule has 8 heteroatoms. The van der Waals surface area contributed by atoms with E-state index in [0.29, 0.717) is 17.9 Å². The van der Waals surface area contributed by atoms with Gasteiger partial charge in [-0.15, -0.1) is 0 Å². The Bertz CT molecular complexity index is 1190. The summed E-state index contributed by atoms with van der Waals surface area (Å²) in [5.41, 5.74) is 1.68. The molecule has 0 spiro atoms. The molecule has 0 atom stereocenters. The summed E-state index contributed by atoms with van der Waals surface area (Å²) in [6.07, 6.45) is 1.99. The van der Waals surface area contributed by atoms with Crippen molar-refractivity contribution < 1.29 is 27.8 Å². The highest BCUT2D eigenvalue weighted by Gasteiger charge is 2.09. The maximum atomic E-state index is 12.3. The predicted molar refractivity (Wildman–Crippen MR) is 120 cm³/mol. The van der Waals surface area contributed by atoms with Crippen LogP contribution in [0.3, 0.4) is 0 Å². The number of nitrogens with one attached hydrogen (secondary N) is 1. The molecule has 0 radical (unpaired) electrons. The summed E-state index contributed by atoms with van der Waals surface area (Å²) < 4.78 is 37.6. The van der Waals surface area contributed by atoms with Crippen LogP contribution in [0.2, 0.25) is 0 Å². The van der Waals surface area contributed by atoms with Crippen LogP contribution in [-0.4, -0.2) is 39.8 Å². The Labute approximate surface area is 181 Å². The molecule has 3 rings (SSSR count). The monoisotopic (exact) mass is 441 g/mol. The molecule has 3 aromatic rings. The van der Waals surface area contributed by atoms with Gasteiger partial charge in [0.05, 0.1) is 7.11 Å². The van der Waals surface area contributed by atoms with Gasteiger partial charge < -0.3 is 14.6 Å². The normalized spacial score (nSPS) is 11.6. The fraction of sp³-hybridized carbons (Fsp3) is 0.174. The van der Waals surface area contributed by atoms with E-state index in [1.807, 2.05) is 24.3 Å². The SMILES string of the molecule is COc1ccc(C=CS(=O)(=O)NCCc2cccc3c(OCC(=O)O)cccc23)cc1. The molecule has 0 bridgehead atoms. The molecule has 0 amide bonds. The zero-order valence-corrected chi connectivity index (χ0v) is 17.8. The van der Waals surface area contributed by atoms with Gasteiger partial charge in [0.15, 0.2) is 6.61 Å². The number of carbonyl (C=O) groups is 1. The number of methoxy groups -OCH3 is 1. The Morgan fingerprint density at radius 1 is 1.03 bits per heavy atom. The second-order valence-electron chi connectivity index (χ2n) is 6.72. The van der Waals surface area contributed by atoms with Crippen LogP contribution >= 0.6 is 0 Å². The molecule has 31 heavy (non-hydrogen) atoms. The van der Waals surface area contributed by atoms with Crippen LogP contribution in [0.4, 0.5) is 0 Å². The van der Waals surface area contributed by atoms with E-state index in [1.54, 1.807) is 43.5 Å². The number of carboxylic acid groups (broad SMARTS) is 1. The van der Waals surface area contributed by atoms with Crippen molar-refractivity contribution in [3.63, 3.8) is 0 Å². The molecule has 2 N–H and O–H groups in total. The lowest BCUT2D eigenvalue weighted by molar-refractivity contribution is -0.139. The minimum atomic E-state index is -3.60. The van der Waals surface area contributed by atoms with Crippen molar-refractivity contribution in [2.45, 2.75) is 6.42 Å². The first-order valence-corrected chi connectivity index (χ1v) is 11.1. The average Bonchev–Trinajstić information content (AvgIpc) is 2.76. The maximum Gasteiger partial charge on any atom is 0.341 e. The lowest BCUT2D eigenvalue weighted by Gasteiger charge is -2.11. The third kappa shape index (κ3) is 6.31. The zero-order chi connectivity index (χ0) is 22.3. The predicted octanol–water partition coefficient (Wildman–Crippen LogP) is 3.44. The van der Waals surface area contributed by atoms with Crippen LogP contribution in [0.25, 0.3) is 16.8 Å². The number of hydrogen-bond donors (Lipinski definition) is 2. The standard InChI is InChI=1S/C23H23NO6S/c1-29-19-10-8-17(9-11-19)13-15-31(27,28)24-14-12-18-4-2-6-21-20(18)5-3-7-22(21)30-16-23(25)26/h2-11,13,15,24H,12,14,16H2,1H3,(H,25,26). The molecular formula is C23H23NO6S. The number of benzene rings is 3. The van der Waals surface area contributed by atoms with Gasteiger partial charge in [0, 0.05) is 17.3 Å². The summed E-state index contributed by atoms with van der Waals surface area (Å²) in [5, 5.41) is 11.6. The fourth-order valence-electron chi connectivity index (χ4n) is 3.09. The molecule has 0 saturated heterocycles. The maximum absolute atomic E-state index is 12.3. The van der Waals surface area contributed by atoms with Crippen LogP contribution in [0, 0.1) is 0 Å². The van der Waals surface area contributed by atoms with Gasteiger partial charge in [0.2, 0.25) is 10.0 Å². The summed E-state index contributed by atoms with van der Waals surface area (Å²) in [4.78, 5) is 10.8. The van der Waals surface area contributed by atoms with E-state index in [-0.39, 0.29) is 6.54 Å². The smallest absolute Gasteiger partial charge is 0.341 e. The lowest BCUT2D eigenvalue weighted by atomic mass is 10.0. The van der Waals surface area contributed by atoms with Crippen molar-refractivity contribution >= 4 is 32.8 Å². The van der Waals surface area contributed by atoms with E-state index in [9.17, 15) is 13.2 Å². The van der Waals surface area contributed by atoms with E-state index < -0.39 is 22.6 Å². The molecule has 0 aliphatic carbocycles. The van der Waals surface area contributed by atoms with E-state index in [2.05, 4.69) is 4.72 Å². The van der Waals surface area contributed by atoms with Gasteiger partial charge in [0.25, 0.3) is 0 Å². The first-order valence-electron chi connectivity index (χ1n) is 9.55. The van der Waals surface area contributed by atoms with Gasteiger partial charge in [-0.05, 0) is 47.2 Å². The fourth-order valence-corrected chi connectivity index (χ4v) is 3.91. The van der Waals surface area contributed by atoms with Gasteiger partial charge in [-0.3, -0.25) is 0 Å². The van der Waals surface area contributed by atoms with Crippen molar-refractivity contribution in [1.82, 2.24) is 4.72 Å². The number of rotatable bonds is 10. The third-order valence-electron chi connectivity index (χ3n) is 4.58. The summed E-state index contributed by atoms with van der Waals surface area (Å²) in [6, 6.07) is 18.0. The molecule has 7 nitrogen and oxygen atoms in total. The van der Waals surface area contributed by atoms with E-state index in [1.165, 1.54) is 6.08 Å². The molecule has 0 aliphatic heterocycles. The van der Waals surface area contributed by atoms with Crippen LogP contribution < -0.4 is 14.2 Å². The van der Waals surface area contributed by atoms with Crippen LogP contribution in [-0.2, 0) is 21.2 Å². The molecule has 0 aliphatic rings. The van der Waals surface area contributed by atoms with Crippen molar-refractivity contribution in [3.8, 4) is 11.5 Å². The van der Waals surface area contributed by atoms with Gasteiger partial charge in [-0.1, -0.05) is 42.5 Å². The first-order chi connectivity index (χ1) is 14.9. The number of aliphatic carboxylic acids is 1. The highest BCUT2D eigenvalue weighted by Crippen LogP contribution is 2.28. The Morgan fingerprint density at radius 3 is 2.45 bits per heavy atom. The third-order valence-corrected chi connectivity index (χ3v) is 5.68. The van der Waals surface area contributed by atoms with Crippen molar-refractivity contribution in [2.75, 3.05) is 20.3 Å². The Morgan fingerprint density at radius 2 is 1.74 bits per heavy atom. The molecule has 0 unspecified atom stereocenters. The van der Waals surface area contributed by atoms with Crippen LogP contribution in [0.1, 0.15) is 11.1 Å². The molecule has 162 valence electrons. The summed E-state index contributed by atoms with van der Waals surface area (Å²) in [7, 11) is -2.03. The first kappa shape index (κ1) is 22.3. The van der Waals surface area contributed by atoms with Crippen molar-refractivity contribution in [1.29, 1.82) is 0 Å². The number of hydrogen-bond acceptors (Lipinski definition) is 5. The minimum Gasteiger partial charge on any atom is -0.497 e. The number of ether oxygens (including phenoxy) is 2. The quantitative estimate of drug-likeness (QED) is 0.500. The molecule has 0 fully saturated rings. The van der Waals surface area contributed by atoms with Crippen LogP contribution in [0.5, 0.6) is 11.5 Å². The van der Waals surface area contributed by atoms with E-state index in [4.69, 9.17) is 14.6 Å². The summed E-state index contributed by atoms with van der Waals surface area (Å²) >= 11 is 0. The Hall–Kier alpha value is -3.36. The largest absolute Gasteiger partial charge is 0.497 e. The lowest BCUT2D eigenvalue weighted by Crippen LogP contribution is -2.23. The van der Waals surface area contributed by atoms with E-state index >= 15 is 0 Å². The van der Waals surface area contributed by atoms with Gasteiger partial charge in [0.1, 0.15) is 11.5 Å². The number of carboxylic acids is 1. The van der Waals surface area contributed by atoms with Gasteiger partial charge in [-0.2, -0.15) is 0 Å². The highest BCUT2D eigenvalue weighted by molar-refractivity contribution is 7.92. The summed E-state index contributed by atoms with van der Waals surface area (Å²) in [5.74, 6) is 0.125. The van der Waals surface area contributed by atoms with Crippen LogP contribution in [0.15, 0.2) is 66.1 Å². The number of sulfonamides is 1. The molecule has 3 aromatic carbocycles. The van der Waals surface area contributed by atoms with E-state index in [0.717, 1.165) is 27.3 Å². The zero-order valence-electron chi connectivity index (χ0n) is 16.9. The van der Waals surface area contributed by atoms with Gasteiger partial charge >= 0.3 is 5.97 Å². The van der Waals surface area contributed by atoms with Crippen molar-refractivity contribution in [2.24, 2.45) is 0 Å². The molecule has 0 aromatic heterocycles. The second kappa shape index (κ2) is 10.1.